The molecule has 0 saturated carbocycles. The van der Waals surface area contributed by atoms with E-state index in [9.17, 15) is 0 Å². The van der Waals surface area contributed by atoms with Gasteiger partial charge in [-0.1, -0.05) is 30.7 Å². The predicted octanol–water partition coefficient (Wildman–Crippen LogP) is 2.69. The third-order valence-electron chi connectivity index (χ3n) is 3.80. The average Bonchev–Trinajstić information content (AvgIpc) is 2.27. The highest BCUT2D eigenvalue weighted by molar-refractivity contribution is 5.33. The van der Waals surface area contributed by atoms with Gasteiger partial charge in [0, 0.05) is 0 Å². The van der Waals surface area contributed by atoms with Crippen LogP contribution in [0.3, 0.4) is 0 Å². The molecule has 1 aliphatic carbocycles. The quantitative estimate of drug-likeness (QED) is 0.785. The summed E-state index contributed by atoms with van der Waals surface area (Å²) in [5.74, 6) is 1.46. The topological polar surface area (TPSA) is 26.0 Å². The second-order valence-corrected chi connectivity index (χ2v) is 4.99. The Morgan fingerprint density at radius 1 is 1.40 bits per heavy atom. The first kappa shape index (κ1) is 10.7. The SMILES string of the molecule is Cc1ccc2c(c1)CC(C(C)CN)CC2. The zero-order valence-electron chi connectivity index (χ0n) is 9.79. The molecule has 0 aromatic heterocycles. The summed E-state index contributed by atoms with van der Waals surface area (Å²) in [5, 5.41) is 0. The molecule has 2 atom stereocenters. The van der Waals surface area contributed by atoms with E-state index in [1.165, 1.54) is 24.8 Å². The fourth-order valence-corrected chi connectivity index (χ4v) is 2.59. The zero-order valence-corrected chi connectivity index (χ0v) is 9.79. The van der Waals surface area contributed by atoms with E-state index < -0.39 is 0 Å². The minimum atomic E-state index is 0.665. The van der Waals surface area contributed by atoms with Crippen LogP contribution in [0.2, 0.25) is 0 Å². The van der Waals surface area contributed by atoms with Gasteiger partial charge in [-0.25, -0.2) is 0 Å². The molecule has 0 saturated heterocycles. The fraction of sp³-hybridized carbons (Fsp3) is 0.571. The molecule has 2 rings (SSSR count). The molecule has 0 fully saturated rings. The number of fused-ring (bicyclic) bond motifs is 1. The molecular formula is C14H21N. The fourth-order valence-electron chi connectivity index (χ4n) is 2.59. The Labute approximate surface area is 92.7 Å². The third-order valence-corrected chi connectivity index (χ3v) is 3.80. The molecule has 1 heteroatoms. The van der Waals surface area contributed by atoms with E-state index in [0.717, 1.165) is 12.5 Å². The van der Waals surface area contributed by atoms with Crippen LogP contribution in [0.15, 0.2) is 18.2 Å². The number of nitrogens with two attached hydrogens (primary N) is 1. The third kappa shape index (κ3) is 2.23. The van der Waals surface area contributed by atoms with Crippen molar-refractivity contribution >= 4 is 0 Å². The summed E-state index contributed by atoms with van der Waals surface area (Å²) in [4.78, 5) is 0. The first-order valence-corrected chi connectivity index (χ1v) is 5.99. The highest BCUT2D eigenvalue weighted by Crippen LogP contribution is 2.30. The Morgan fingerprint density at radius 2 is 2.20 bits per heavy atom. The minimum Gasteiger partial charge on any atom is -0.330 e. The Hall–Kier alpha value is -0.820. The normalized spacial score (nSPS) is 22.2. The van der Waals surface area contributed by atoms with Crippen molar-refractivity contribution in [1.82, 2.24) is 0 Å². The zero-order chi connectivity index (χ0) is 10.8. The largest absolute Gasteiger partial charge is 0.330 e. The van der Waals surface area contributed by atoms with E-state index in [2.05, 4.69) is 32.0 Å². The van der Waals surface area contributed by atoms with E-state index in [0.29, 0.717) is 5.92 Å². The molecular weight excluding hydrogens is 182 g/mol. The number of aryl methyl sites for hydroxylation is 2. The van der Waals surface area contributed by atoms with Gasteiger partial charge in [-0.3, -0.25) is 0 Å². The summed E-state index contributed by atoms with van der Waals surface area (Å²) in [6, 6.07) is 6.88. The van der Waals surface area contributed by atoms with Crippen LogP contribution < -0.4 is 5.73 Å². The van der Waals surface area contributed by atoms with Crippen LogP contribution >= 0.6 is 0 Å². The van der Waals surface area contributed by atoms with Gasteiger partial charge in [0.15, 0.2) is 0 Å². The highest BCUT2D eigenvalue weighted by Gasteiger charge is 2.22. The summed E-state index contributed by atoms with van der Waals surface area (Å²) in [7, 11) is 0. The van der Waals surface area contributed by atoms with Gasteiger partial charge in [-0.15, -0.1) is 0 Å². The van der Waals surface area contributed by atoms with E-state index in [1.54, 1.807) is 11.1 Å². The summed E-state index contributed by atoms with van der Waals surface area (Å²) in [6.07, 6.45) is 3.79. The maximum Gasteiger partial charge on any atom is -0.00487 e. The van der Waals surface area contributed by atoms with Crippen molar-refractivity contribution < 1.29 is 0 Å². The maximum absolute atomic E-state index is 5.75. The van der Waals surface area contributed by atoms with Gasteiger partial charge < -0.3 is 5.73 Å². The van der Waals surface area contributed by atoms with Gasteiger partial charge in [0.1, 0.15) is 0 Å². The van der Waals surface area contributed by atoms with Crippen LogP contribution in [0, 0.1) is 18.8 Å². The van der Waals surface area contributed by atoms with E-state index in [1.807, 2.05) is 0 Å². The number of hydrogen-bond donors (Lipinski definition) is 1. The monoisotopic (exact) mass is 203 g/mol. The molecule has 15 heavy (non-hydrogen) atoms. The standard InChI is InChI=1S/C14H21N/c1-10-3-4-12-5-6-13(11(2)9-15)8-14(12)7-10/h3-4,7,11,13H,5-6,8-9,15H2,1-2H3. The molecule has 1 nitrogen and oxygen atoms in total. The second-order valence-electron chi connectivity index (χ2n) is 4.99. The van der Waals surface area contributed by atoms with Gasteiger partial charge >= 0.3 is 0 Å². The molecule has 1 aromatic rings. The lowest BCUT2D eigenvalue weighted by molar-refractivity contribution is 0.327. The van der Waals surface area contributed by atoms with Crippen molar-refractivity contribution in [2.45, 2.75) is 33.1 Å². The predicted molar refractivity (Wildman–Crippen MR) is 64.9 cm³/mol. The van der Waals surface area contributed by atoms with Crippen molar-refractivity contribution in [3.05, 3.63) is 34.9 Å². The van der Waals surface area contributed by atoms with Crippen LogP contribution in [-0.2, 0) is 12.8 Å². The van der Waals surface area contributed by atoms with Crippen molar-refractivity contribution in [1.29, 1.82) is 0 Å². The van der Waals surface area contributed by atoms with E-state index >= 15 is 0 Å². The van der Waals surface area contributed by atoms with Crippen molar-refractivity contribution in [3.8, 4) is 0 Å². The molecule has 1 aromatic carbocycles. The van der Waals surface area contributed by atoms with E-state index in [-0.39, 0.29) is 0 Å². The number of benzene rings is 1. The lowest BCUT2D eigenvalue weighted by Crippen LogP contribution is -2.26. The van der Waals surface area contributed by atoms with Gasteiger partial charge in [-0.2, -0.15) is 0 Å². The van der Waals surface area contributed by atoms with Crippen LogP contribution in [0.4, 0.5) is 0 Å². The first-order valence-electron chi connectivity index (χ1n) is 5.99. The molecule has 0 heterocycles. The minimum absolute atomic E-state index is 0.665. The molecule has 0 aliphatic heterocycles. The Bertz CT molecular complexity index is 343. The van der Waals surface area contributed by atoms with Gasteiger partial charge in [-0.05, 0) is 55.7 Å². The van der Waals surface area contributed by atoms with Crippen LogP contribution in [-0.4, -0.2) is 6.54 Å². The molecule has 0 amide bonds. The molecule has 82 valence electrons. The van der Waals surface area contributed by atoms with E-state index in [4.69, 9.17) is 5.73 Å². The average molecular weight is 203 g/mol. The van der Waals surface area contributed by atoms with Crippen molar-refractivity contribution in [3.63, 3.8) is 0 Å². The summed E-state index contributed by atoms with van der Waals surface area (Å²) >= 11 is 0. The number of hydrogen-bond acceptors (Lipinski definition) is 1. The molecule has 0 radical (unpaired) electrons. The second kappa shape index (κ2) is 4.36. The maximum atomic E-state index is 5.75. The summed E-state index contributed by atoms with van der Waals surface area (Å²) < 4.78 is 0. The van der Waals surface area contributed by atoms with Gasteiger partial charge in [0.25, 0.3) is 0 Å². The smallest absolute Gasteiger partial charge is 0.00487 e. The Morgan fingerprint density at radius 3 is 2.93 bits per heavy atom. The molecule has 2 N–H and O–H groups in total. The van der Waals surface area contributed by atoms with Gasteiger partial charge in [0.2, 0.25) is 0 Å². The highest BCUT2D eigenvalue weighted by atomic mass is 14.5. The lowest BCUT2D eigenvalue weighted by Gasteiger charge is -2.29. The molecule has 0 spiro atoms. The molecule has 0 bridgehead atoms. The first-order chi connectivity index (χ1) is 7.20. The lowest BCUT2D eigenvalue weighted by atomic mass is 9.77. The molecule has 1 aliphatic rings. The van der Waals surface area contributed by atoms with Crippen LogP contribution in [0.25, 0.3) is 0 Å². The van der Waals surface area contributed by atoms with Crippen LogP contribution in [0.5, 0.6) is 0 Å². The summed E-state index contributed by atoms with van der Waals surface area (Å²) in [5.41, 5.74) is 10.3. The van der Waals surface area contributed by atoms with Crippen LogP contribution in [0.1, 0.15) is 30.0 Å². The Kier molecular flexibility index (Phi) is 3.11. The Balaban J connectivity index is 2.18. The molecule has 2 unspecified atom stereocenters. The van der Waals surface area contributed by atoms with Gasteiger partial charge in [0.05, 0.1) is 0 Å². The summed E-state index contributed by atoms with van der Waals surface area (Å²) in [6.45, 7) is 5.29. The number of rotatable bonds is 2. The van der Waals surface area contributed by atoms with Crippen molar-refractivity contribution in [2.24, 2.45) is 17.6 Å². The van der Waals surface area contributed by atoms with Crippen molar-refractivity contribution in [2.75, 3.05) is 6.54 Å².